The van der Waals surface area contributed by atoms with Crippen LogP contribution in [0.5, 0.6) is 5.75 Å². The molecule has 5 rings (SSSR count). The van der Waals surface area contributed by atoms with Gasteiger partial charge in [0.2, 0.25) is 5.91 Å². The molecule has 7 nitrogen and oxygen atoms in total. The first-order valence-corrected chi connectivity index (χ1v) is 12.0. The molecule has 1 N–H and O–H groups in total. The van der Waals surface area contributed by atoms with E-state index in [4.69, 9.17) is 4.74 Å². The fourth-order valence-electron chi connectivity index (χ4n) is 5.17. The number of carbonyl (C=O) groups excluding carboxylic acids is 2. The summed E-state index contributed by atoms with van der Waals surface area (Å²) in [4.78, 5) is 34.7. The Morgan fingerprint density at radius 3 is 2.56 bits per heavy atom. The van der Waals surface area contributed by atoms with E-state index < -0.39 is 5.60 Å². The van der Waals surface area contributed by atoms with Crippen LogP contribution in [0.15, 0.2) is 54.7 Å². The van der Waals surface area contributed by atoms with E-state index in [0.717, 1.165) is 16.8 Å². The molecule has 0 radical (unpaired) electrons. The summed E-state index contributed by atoms with van der Waals surface area (Å²) in [6.07, 6.45) is 4.56. The van der Waals surface area contributed by atoms with Gasteiger partial charge >= 0.3 is 6.03 Å². The van der Waals surface area contributed by atoms with E-state index in [9.17, 15) is 9.59 Å². The first-order chi connectivity index (χ1) is 16.4. The van der Waals surface area contributed by atoms with Crippen molar-refractivity contribution < 1.29 is 14.3 Å². The molecular formula is C27H32N4O3. The molecule has 3 heterocycles. The first kappa shape index (κ1) is 22.3. The number of carbonyl (C=O) groups is 2. The van der Waals surface area contributed by atoms with Gasteiger partial charge in [-0.3, -0.25) is 4.79 Å². The molecule has 1 fully saturated rings. The van der Waals surface area contributed by atoms with Crippen molar-refractivity contribution in [2.24, 2.45) is 0 Å². The Kier molecular flexibility index (Phi) is 5.94. The molecule has 7 heteroatoms. The van der Waals surface area contributed by atoms with Gasteiger partial charge in [0.15, 0.2) is 0 Å². The van der Waals surface area contributed by atoms with Crippen LogP contribution in [0.2, 0.25) is 0 Å². The number of urea groups is 1. The quantitative estimate of drug-likeness (QED) is 0.642. The third kappa shape index (κ3) is 4.34. The van der Waals surface area contributed by atoms with E-state index >= 15 is 0 Å². The van der Waals surface area contributed by atoms with Crippen molar-refractivity contribution >= 4 is 22.8 Å². The van der Waals surface area contributed by atoms with Crippen molar-refractivity contribution in [1.82, 2.24) is 19.7 Å². The number of para-hydroxylation sites is 2. The largest absolute Gasteiger partial charge is 0.485 e. The summed E-state index contributed by atoms with van der Waals surface area (Å²) < 4.78 is 6.61. The number of rotatable bonds is 3. The number of hydrogen-bond donors (Lipinski definition) is 1. The molecule has 3 aromatic rings. The minimum absolute atomic E-state index is 0.0236. The number of benzene rings is 2. The molecule has 1 spiro atoms. The van der Waals surface area contributed by atoms with Gasteiger partial charge in [-0.2, -0.15) is 0 Å². The number of likely N-dealkylation sites (tertiary alicyclic amines) is 1. The number of hydrogen-bond acceptors (Lipinski definition) is 3. The van der Waals surface area contributed by atoms with E-state index in [2.05, 4.69) is 17.1 Å². The molecule has 34 heavy (non-hydrogen) atoms. The maximum Gasteiger partial charge on any atom is 0.319 e. The summed E-state index contributed by atoms with van der Waals surface area (Å²) in [5.74, 6) is 0.985. The maximum atomic E-state index is 13.5. The topological polar surface area (TPSA) is 68.9 Å². The molecule has 0 unspecified atom stereocenters. The van der Waals surface area contributed by atoms with Crippen LogP contribution in [0.25, 0.3) is 10.9 Å². The smallest absolute Gasteiger partial charge is 0.319 e. The van der Waals surface area contributed by atoms with Gasteiger partial charge in [-0.1, -0.05) is 36.4 Å². The second-order valence-corrected chi connectivity index (χ2v) is 9.67. The minimum atomic E-state index is -0.480. The highest BCUT2D eigenvalue weighted by molar-refractivity contribution is 5.84. The lowest BCUT2D eigenvalue weighted by atomic mass is 9.90. The molecule has 2 aromatic carbocycles. The number of nitrogens with zero attached hydrogens (tertiary/aromatic N) is 3. The van der Waals surface area contributed by atoms with Crippen LogP contribution < -0.4 is 4.74 Å². The van der Waals surface area contributed by atoms with Crippen LogP contribution in [0, 0.1) is 0 Å². The third-order valence-electron chi connectivity index (χ3n) is 7.10. The number of fused-ring (bicyclic) bond motifs is 2. The summed E-state index contributed by atoms with van der Waals surface area (Å²) >= 11 is 0. The molecule has 0 bridgehead atoms. The highest BCUT2D eigenvalue weighted by Gasteiger charge is 2.42. The molecule has 0 saturated carbocycles. The summed E-state index contributed by atoms with van der Waals surface area (Å²) in [5, 5.41) is 1.18. The third-order valence-corrected chi connectivity index (χ3v) is 7.10. The molecule has 1 saturated heterocycles. The van der Waals surface area contributed by atoms with Crippen LogP contribution in [0.1, 0.15) is 30.4 Å². The van der Waals surface area contributed by atoms with Gasteiger partial charge in [0.1, 0.15) is 11.4 Å². The van der Waals surface area contributed by atoms with E-state index in [1.807, 2.05) is 52.4 Å². The van der Waals surface area contributed by atoms with E-state index in [-0.39, 0.29) is 11.9 Å². The van der Waals surface area contributed by atoms with Gasteiger partial charge < -0.3 is 24.4 Å². The Hall–Kier alpha value is -3.48. The van der Waals surface area contributed by atoms with Crippen LogP contribution >= 0.6 is 0 Å². The predicted octanol–water partition coefficient (Wildman–Crippen LogP) is 4.04. The lowest BCUT2D eigenvalue weighted by Crippen LogP contribution is -2.56. The molecule has 178 valence electrons. The predicted molar refractivity (Wildman–Crippen MR) is 132 cm³/mol. The SMILES string of the molecule is CN(C)C(=O)N1CCC2(CC1)CN(C(=O)CCc1c[nH]c3ccccc13)Cc1ccccc1O2. The Balaban J connectivity index is 1.33. The zero-order valence-corrected chi connectivity index (χ0v) is 19.9. The van der Waals surface area contributed by atoms with Gasteiger partial charge in [-0.05, 0) is 24.1 Å². The molecule has 0 atom stereocenters. The highest BCUT2D eigenvalue weighted by Crippen LogP contribution is 2.36. The van der Waals surface area contributed by atoms with Crippen molar-refractivity contribution in [2.75, 3.05) is 33.7 Å². The summed E-state index contributed by atoms with van der Waals surface area (Å²) in [5.41, 5.74) is 2.82. The standard InChI is InChI=1S/C27H32N4O3/c1-29(2)26(33)30-15-13-27(14-16-30)19-31(18-21-7-3-6-10-24(21)34-27)25(32)12-11-20-17-28-23-9-5-4-8-22(20)23/h3-10,17,28H,11-16,18-19H2,1-2H3. The zero-order chi connectivity index (χ0) is 23.7. The monoisotopic (exact) mass is 460 g/mol. The molecule has 2 aliphatic heterocycles. The second kappa shape index (κ2) is 9.05. The van der Waals surface area contributed by atoms with E-state index in [1.165, 1.54) is 10.9 Å². The minimum Gasteiger partial charge on any atom is -0.485 e. The lowest BCUT2D eigenvalue weighted by molar-refractivity contribution is -0.135. The fourth-order valence-corrected chi connectivity index (χ4v) is 5.17. The van der Waals surface area contributed by atoms with Gasteiger partial charge in [-0.15, -0.1) is 0 Å². The maximum absolute atomic E-state index is 13.5. The van der Waals surface area contributed by atoms with Crippen molar-refractivity contribution in [3.63, 3.8) is 0 Å². The summed E-state index contributed by atoms with van der Waals surface area (Å²) in [6.45, 7) is 2.33. The number of H-pyrrole nitrogens is 1. The van der Waals surface area contributed by atoms with Gasteiger partial charge in [-0.25, -0.2) is 4.79 Å². The number of aromatic amines is 1. The van der Waals surface area contributed by atoms with Crippen molar-refractivity contribution in [1.29, 1.82) is 0 Å². The van der Waals surface area contributed by atoms with Crippen LogP contribution in [-0.2, 0) is 17.8 Å². The van der Waals surface area contributed by atoms with Crippen molar-refractivity contribution in [2.45, 2.75) is 37.8 Å². The lowest BCUT2D eigenvalue weighted by Gasteiger charge is -2.43. The number of nitrogens with one attached hydrogen (secondary N) is 1. The van der Waals surface area contributed by atoms with Crippen LogP contribution in [0.4, 0.5) is 4.79 Å². The number of amides is 3. The van der Waals surface area contributed by atoms with E-state index in [0.29, 0.717) is 51.9 Å². The molecular weight excluding hydrogens is 428 g/mol. The normalized spacial score (nSPS) is 17.2. The molecule has 2 aliphatic rings. The number of piperidine rings is 1. The molecule has 1 aromatic heterocycles. The van der Waals surface area contributed by atoms with Gasteiger partial charge in [0, 0.05) is 75.7 Å². The van der Waals surface area contributed by atoms with E-state index in [1.54, 1.807) is 19.0 Å². The Morgan fingerprint density at radius 2 is 1.76 bits per heavy atom. The number of ether oxygens (including phenoxy) is 1. The zero-order valence-electron chi connectivity index (χ0n) is 19.9. The fraction of sp³-hybridized carbons (Fsp3) is 0.407. The number of aromatic nitrogens is 1. The van der Waals surface area contributed by atoms with Gasteiger partial charge in [0.05, 0.1) is 6.54 Å². The average molecular weight is 461 g/mol. The van der Waals surface area contributed by atoms with Gasteiger partial charge in [0.25, 0.3) is 0 Å². The number of aryl methyl sites for hydroxylation is 1. The second-order valence-electron chi connectivity index (χ2n) is 9.67. The molecule has 3 amide bonds. The first-order valence-electron chi connectivity index (χ1n) is 12.0. The highest BCUT2D eigenvalue weighted by atomic mass is 16.5. The van der Waals surface area contributed by atoms with Crippen molar-refractivity contribution in [3.05, 3.63) is 65.9 Å². The van der Waals surface area contributed by atoms with Crippen LogP contribution in [0.3, 0.4) is 0 Å². The Labute approximate surface area is 200 Å². The molecule has 0 aliphatic carbocycles. The Bertz CT molecular complexity index is 1190. The summed E-state index contributed by atoms with van der Waals surface area (Å²) in [7, 11) is 3.55. The van der Waals surface area contributed by atoms with Crippen LogP contribution in [-0.4, -0.2) is 71.0 Å². The Morgan fingerprint density at radius 1 is 1.03 bits per heavy atom. The van der Waals surface area contributed by atoms with Crippen molar-refractivity contribution in [3.8, 4) is 5.75 Å². The average Bonchev–Trinajstić information content (AvgIpc) is 3.18. The summed E-state index contributed by atoms with van der Waals surface area (Å²) in [6, 6.07) is 16.2.